The SMILES string of the molecule is Cc1nc(C(=O)N2CCCC(C(C)(C)C)CC2)ccc1C(=O)O. The van der Waals surface area contributed by atoms with Crippen molar-refractivity contribution in [1.29, 1.82) is 0 Å². The zero-order valence-corrected chi connectivity index (χ0v) is 14.4. The zero-order chi connectivity index (χ0) is 17.2. The van der Waals surface area contributed by atoms with Crippen molar-refractivity contribution in [2.75, 3.05) is 13.1 Å². The first-order valence-corrected chi connectivity index (χ1v) is 8.20. The second-order valence-corrected chi connectivity index (χ2v) is 7.42. The van der Waals surface area contributed by atoms with Gasteiger partial charge in [0.15, 0.2) is 0 Å². The quantitative estimate of drug-likeness (QED) is 0.907. The molecule has 1 fully saturated rings. The van der Waals surface area contributed by atoms with Crippen LogP contribution in [0.25, 0.3) is 0 Å². The molecule has 1 aliphatic rings. The Hall–Kier alpha value is -1.91. The van der Waals surface area contributed by atoms with Crippen molar-refractivity contribution in [2.24, 2.45) is 11.3 Å². The van der Waals surface area contributed by atoms with Gasteiger partial charge in [-0.05, 0) is 49.7 Å². The molecular weight excluding hydrogens is 292 g/mol. The highest BCUT2D eigenvalue weighted by Gasteiger charge is 2.29. The van der Waals surface area contributed by atoms with Crippen molar-refractivity contribution in [3.8, 4) is 0 Å². The Morgan fingerprint density at radius 2 is 1.91 bits per heavy atom. The second-order valence-electron chi connectivity index (χ2n) is 7.42. The first-order valence-electron chi connectivity index (χ1n) is 8.20. The zero-order valence-electron chi connectivity index (χ0n) is 14.4. The van der Waals surface area contributed by atoms with Gasteiger partial charge in [-0.15, -0.1) is 0 Å². The molecule has 0 bridgehead atoms. The van der Waals surface area contributed by atoms with Crippen molar-refractivity contribution in [3.63, 3.8) is 0 Å². The molecule has 2 rings (SSSR count). The number of hydrogen-bond donors (Lipinski definition) is 1. The molecule has 1 amide bonds. The van der Waals surface area contributed by atoms with E-state index < -0.39 is 5.97 Å². The Labute approximate surface area is 137 Å². The van der Waals surface area contributed by atoms with Gasteiger partial charge in [0.05, 0.1) is 11.3 Å². The van der Waals surface area contributed by atoms with Crippen LogP contribution in [0.1, 0.15) is 66.6 Å². The molecule has 2 heterocycles. The molecule has 1 unspecified atom stereocenters. The molecule has 5 nitrogen and oxygen atoms in total. The summed E-state index contributed by atoms with van der Waals surface area (Å²) in [5.41, 5.74) is 1.12. The number of aromatic nitrogens is 1. The number of carboxylic acid groups (broad SMARTS) is 1. The van der Waals surface area contributed by atoms with E-state index in [0.29, 0.717) is 17.3 Å². The molecule has 1 aromatic rings. The van der Waals surface area contributed by atoms with Crippen LogP contribution >= 0.6 is 0 Å². The van der Waals surface area contributed by atoms with Crippen LogP contribution in [0.15, 0.2) is 12.1 Å². The molecule has 1 atom stereocenters. The number of carbonyl (C=O) groups excluding carboxylic acids is 1. The van der Waals surface area contributed by atoms with E-state index in [1.807, 2.05) is 4.90 Å². The van der Waals surface area contributed by atoms with Gasteiger partial charge in [-0.3, -0.25) is 4.79 Å². The molecule has 5 heteroatoms. The van der Waals surface area contributed by atoms with Crippen molar-refractivity contribution in [1.82, 2.24) is 9.88 Å². The largest absolute Gasteiger partial charge is 0.478 e. The maximum Gasteiger partial charge on any atom is 0.337 e. The van der Waals surface area contributed by atoms with Crippen LogP contribution in [0.5, 0.6) is 0 Å². The molecule has 0 aromatic carbocycles. The van der Waals surface area contributed by atoms with Gasteiger partial charge in [-0.1, -0.05) is 20.8 Å². The third kappa shape index (κ3) is 4.09. The topological polar surface area (TPSA) is 70.5 Å². The van der Waals surface area contributed by atoms with Crippen LogP contribution in [0, 0.1) is 18.3 Å². The van der Waals surface area contributed by atoms with E-state index in [2.05, 4.69) is 25.8 Å². The third-order valence-electron chi connectivity index (χ3n) is 4.78. The number of nitrogens with zero attached hydrogens (tertiary/aromatic N) is 2. The van der Waals surface area contributed by atoms with Crippen LogP contribution in [-0.2, 0) is 0 Å². The summed E-state index contributed by atoms with van der Waals surface area (Å²) in [5.74, 6) is -0.499. The van der Waals surface area contributed by atoms with Gasteiger partial charge in [0.2, 0.25) is 0 Å². The lowest BCUT2D eigenvalue weighted by Gasteiger charge is -2.29. The van der Waals surface area contributed by atoms with Crippen LogP contribution < -0.4 is 0 Å². The molecular formula is C18H26N2O3. The number of hydrogen-bond acceptors (Lipinski definition) is 3. The maximum atomic E-state index is 12.7. The maximum absolute atomic E-state index is 12.7. The van der Waals surface area contributed by atoms with Gasteiger partial charge in [-0.25, -0.2) is 9.78 Å². The third-order valence-corrected chi connectivity index (χ3v) is 4.78. The van der Waals surface area contributed by atoms with Gasteiger partial charge < -0.3 is 10.0 Å². The van der Waals surface area contributed by atoms with Gasteiger partial charge in [0, 0.05) is 13.1 Å². The summed E-state index contributed by atoms with van der Waals surface area (Å²) in [6, 6.07) is 2.98. The van der Waals surface area contributed by atoms with Crippen LogP contribution in [-0.4, -0.2) is 40.0 Å². The number of carbonyl (C=O) groups is 2. The van der Waals surface area contributed by atoms with Crippen molar-refractivity contribution in [2.45, 2.75) is 47.0 Å². The molecule has 1 aliphatic heterocycles. The molecule has 0 saturated carbocycles. The summed E-state index contributed by atoms with van der Waals surface area (Å²) in [6.07, 6.45) is 3.14. The predicted octanol–water partition coefficient (Wildman–Crippen LogP) is 3.38. The summed E-state index contributed by atoms with van der Waals surface area (Å²) in [6.45, 7) is 9.87. The number of rotatable bonds is 2. The van der Waals surface area contributed by atoms with Crippen LogP contribution in [0.2, 0.25) is 0 Å². The molecule has 0 spiro atoms. The average Bonchev–Trinajstić information content (AvgIpc) is 2.71. The van der Waals surface area contributed by atoms with E-state index in [0.717, 1.165) is 32.4 Å². The Kier molecular flexibility index (Phi) is 5.07. The summed E-state index contributed by atoms with van der Waals surface area (Å²) in [5, 5.41) is 9.05. The number of carboxylic acids is 1. The highest BCUT2D eigenvalue weighted by molar-refractivity contribution is 5.94. The Morgan fingerprint density at radius 1 is 1.22 bits per heavy atom. The molecule has 1 aromatic heterocycles. The summed E-state index contributed by atoms with van der Waals surface area (Å²) < 4.78 is 0. The monoisotopic (exact) mass is 318 g/mol. The second kappa shape index (κ2) is 6.69. The highest BCUT2D eigenvalue weighted by Crippen LogP contribution is 2.34. The van der Waals surface area contributed by atoms with Gasteiger partial charge >= 0.3 is 5.97 Å². The summed E-state index contributed by atoms with van der Waals surface area (Å²) >= 11 is 0. The fourth-order valence-corrected chi connectivity index (χ4v) is 3.23. The lowest BCUT2D eigenvalue weighted by molar-refractivity contribution is 0.0691. The van der Waals surface area contributed by atoms with Gasteiger partial charge in [-0.2, -0.15) is 0 Å². The minimum atomic E-state index is -1.02. The fraction of sp³-hybridized carbons (Fsp3) is 0.611. The minimum Gasteiger partial charge on any atom is -0.478 e. The predicted molar refractivity (Wildman–Crippen MR) is 88.6 cm³/mol. The van der Waals surface area contributed by atoms with Crippen molar-refractivity contribution < 1.29 is 14.7 Å². The van der Waals surface area contributed by atoms with E-state index in [1.54, 1.807) is 6.92 Å². The van der Waals surface area contributed by atoms with Gasteiger partial charge in [0.25, 0.3) is 5.91 Å². The number of aryl methyl sites for hydroxylation is 1. The van der Waals surface area contributed by atoms with Crippen LogP contribution in [0.3, 0.4) is 0 Å². The van der Waals surface area contributed by atoms with Crippen LogP contribution in [0.4, 0.5) is 0 Å². The first-order chi connectivity index (χ1) is 10.7. The normalized spacial score (nSPS) is 19.3. The Balaban J connectivity index is 2.12. The van der Waals surface area contributed by atoms with Crippen molar-refractivity contribution >= 4 is 11.9 Å². The molecule has 1 saturated heterocycles. The first kappa shape index (κ1) is 17.4. The smallest absolute Gasteiger partial charge is 0.337 e. The highest BCUT2D eigenvalue weighted by atomic mass is 16.4. The van der Waals surface area contributed by atoms with Crippen molar-refractivity contribution in [3.05, 3.63) is 29.1 Å². The lowest BCUT2D eigenvalue weighted by Crippen LogP contribution is -2.33. The number of pyridine rings is 1. The Bertz CT molecular complexity index is 605. The van der Waals surface area contributed by atoms with E-state index in [9.17, 15) is 9.59 Å². The standard InChI is InChI=1S/C18H26N2O3/c1-12-14(17(22)23)7-8-15(19-12)16(21)20-10-5-6-13(9-11-20)18(2,3)4/h7-8,13H,5-6,9-11H2,1-4H3,(H,22,23). The van der Waals surface area contributed by atoms with E-state index in [4.69, 9.17) is 5.11 Å². The average molecular weight is 318 g/mol. The molecule has 126 valence electrons. The lowest BCUT2D eigenvalue weighted by atomic mass is 9.77. The molecule has 0 aliphatic carbocycles. The molecule has 0 radical (unpaired) electrons. The van der Waals surface area contributed by atoms with E-state index in [1.165, 1.54) is 12.1 Å². The number of amides is 1. The number of likely N-dealkylation sites (tertiary alicyclic amines) is 1. The number of aromatic carboxylic acids is 1. The molecule has 1 N–H and O–H groups in total. The van der Waals surface area contributed by atoms with Gasteiger partial charge in [0.1, 0.15) is 5.69 Å². The Morgan fingerprint density at radius 3 is 2.48 bits per heavy atom. The van der Waals surface area contributed by atoms with E-state index in [-0.39, 0.29) is 16.9 Å². The minimum absolute atomic E-state index is 0.0976. The summed E-state index contributed by atoms with van der Waals surface area (Å²) in [7, 11) is 0. The van der Waals surface area contributed by atoms with E-state index >= 15 is 0 Å². The summed E-state index contributed by atoms with van der Waals surface area (Å²) in [4.78, 5) is 29.8. The fourth-order valence-electron chi connectivity index (χ4n) is 3.23. The molecule has 23 heavy (non-hydrogen) atoms.